The molecule has 1 rings (SSSR count). The number of benzene rings is 1. The van der Waals surface area contributed by atoms with Crippen molar-refractivity contribution >= 4 is 15.9 Å². The van der Waals surface area contributed by atoms with Crippen molar-refractivity contribution in [2.45, 2.75) is 25.9 Å². The van der Waals surface area contributed by atoms with E-state index in [-0.39, 0.29) is 11.9 Å². The zero-order valence-corrected chi connectivity index (χ0v) is 14.3. The molecule has 0 saturated heterocycles. The van der Waals surface area contributed by atoms with E-state index in [9.17, 15) is 4.39 Å². The van der Waals surface area contributed by atoms with Crippen LogP contribution in [-0.4, -0.2) is 49.6 Å². The summed E-state index contributed by atoms with van der Waals surface area (Å²) in [5.41, 5.74) is 6.59. The maximum Gasteiger partial charge on any atom is 0.128 e. The molecule has 2 atom stereocenters. The van der Waals surface area contributed by atoms with Gasteiger partial charge in [0, 0.05) is 29.2 Å². The standard InChI is InChI=1S/C15H25BrFN3/c1-5-20(11(2)10-19(3)4)15(9-18)13-8-12(16)6-7-14(13)17/h6-8,11,15H,5,9-10,18H2,1-4H3. The normalized spacial score (nSPS) is 14.8. The van der Waals surface area contributed by atoms with Gasteiger partial charge in [0.15, 0.2) is 0 Å². The van der Waals surface area contributed by atoms with Gasteiger partial charge in [-0.05, 0) is 45.8 Å². The number of hydrogen-bond donors (Lipinski definition) is 1. The summed E-state index contributed by atoms with van der Waals surface area (Å²) < 4.78 is 15.0. The van der Waals surface area contributed by atoms with Gasteiger partial charge in [-0.25, -0.2) is 4.39 Å². The lowest BCUT2D eigenvalue weighted by Gasteiger charge is -2.36. The number of likely N-dealkylation sites (N-methyl/N-ethyl adjacent to an activating group) is 2. The second-order valence-corrected chi connectivity index (χ2v) is 6.27. The molecule has 0 fully saturated rings. The third-order valence-corrected chi connectivity index (χ3v) is 3.99. The fraction of sp³-hybridized carbons (Fsp3) is 0.600. The molecule has 5 heteroatoms. The van der Waals surface area contributed by atoms with Crippen LogP contribution in [0.4, 0.5) is 4.39 Å². The van der Waals surface area contributed by atoms with Crippen LogP contribution in [0.15, 0.2) is 22.7 Å². The van der Waals surface area contributed by atoms with Crippen molar-refractivity contribution in [1.82, 2.24) is 9.80 Å². The fourth-order valence-electron chi connectivity index (χ4n) is 2.68. The maximum absolute atomic E-state index is 14.1. The SMILES string of the molecule is CCN(C(C)CN(C)C)C(CN)c1cc(Br)ccc1F. The van der Waals surface area contributed by atoms with Gasteiger partial charge in [-0.3, -0.25) is 4.90 Å². The average molecular weight is 346 g/mol. The Balaban J connectivity index is 3.05. The van der Waals surface area contributed by atoms with E-state index >= 15 is 0 Å². The molecule has 1 aromatic carbocycles. The summed E-state index contributed by atoms with van der Waals surface area (Å²) in [7, 11) is 4.09. The number of hydrogen-bond acceptors (Lipinski definition) is 3. The highest BCUT2D eigenvalue weighted by Gasteiger charge is 2.25. The van der Waals surface area contributed by atoms with Crippen molar-refractivity contribution < 1.29 is 4.39 Å². The highest BCUT2D eigenvalue weighted by Crippen LogP contribution is 2.27. The van der Waals surface area contributed by atoms with Crippen molar-refractivity contribution in [3.8, 4) is 0 Å². The average Bonchev–Trinajstić information content (AvgIpc) is 2.38. The van der Waals surface area contributed by atoms with E-state index in [0.29, 0.717) is 18.2 Å². The fourth-order valence-corrected chi connectivity index (χ4v) is 3.06. The predicted molar refractivity (Wildman–Crippen MR) is 86.3 cm³/mol. The van der Waals surface area contributed by atoms with E-state index in [1.807, 2.05) is 20.2 Å². The zero-order valence-electron chi connectivity index (χ0n) is 12.7. The van der Waals surface area contributed by atoms with Crippen LogP contribution >= 0.6 is 15.9 Å². The molecule has 0 bridgehead atoms. The van der Waals surface area contributed by atoms with Gasteiger partial charge in [0.25, 0.3) is 0 Å². The van der Waals surface area contributed by atoms with Crippen molar-refractivity contribution in [2.75, 3.05) is 33.7 Å². The van der Waals surface area contributed by atoms with Gasteiger partial charge in [0.05, 0.1) is 6.04 Å². The van der Waals surface area contributed by atoms with Gasteiger partial charge in [-0.2, -0.15) is 0 Å². The lowest BCUT2D eigenvalue weighted by Crippen LogP contribution is -2.44. The summed E-state index contributed by atoms with van der Waals surface area (Å²) in [6.07, 6.45) is 0. The first-order chi connectivity index (χ1) is 9.40. The van der Waals surface area contributed by atoms with E-state index in [0.717, 1.165) is 17.6 Å². The van der Waals surface area contributed by atoms with Crippen LogP contribution in [0.3, 0.4) is 0 Å². The van der Waals surface area contributed by atoms with Crippen molar-refractivity contribution in [3.63, 3.8) is 0 Å². The second kappa shape index (κ2) is 8.08. The molecule has 2 N–H and O–H groups in total. The molecule has 1 aromatic rings. The van der Waals surface area contributed by atoms with E-state index in [2.05, 4.69) is 39.6 Å². The summed E-state index contributed by atoms with van der Waals surface area (Å²) >= 11 is 3.41. The van der Waals surface area contributed by atoms with E-state index in [4.69, 9.17) is 5.73 Å². The zero-order chi connectivity index (χ0) is 15.3. The molecule has 0 radical (unpaired) electrons. The molecule has 3 nitrogen and oxygen atoms in total. The Morgan fingerprint density at radius 3 is 2.50 bits per heavy atom. The van der Waals surface area contributed by atoms with Crippen LogP contribution in [0.2, 0.25) is 0 Å². The minimum atomic E-state index is -0.195. The Kier molecular flexibility index (Phi) is 7.09. The van der Waals surface area contributed by atoms with Crippen molar-refractivity contribution in [1.29, 1.82) is 0 Å². The van der Waals surface area contributed by atoms with Gasteiger partial charge < -0.3 is 10.6 Å². The summed E-state index contributed by atoms with van der Waals surface area (Å²) in [5, 5.41) is 0. The molecule has 0 spiro atoms. The predicted octanol–water partition coefficient (Wildman–Crippen LogP) is 2.86. The summed E-state index contributed by atoms with van der Waals surface area (Å²) in [6.45, 7) is 6.40. The second-order valence-electron chi connectivity index (χ2n) is 5.36. The van der Waals surface area contributed by atoms with Gasteiger partial charge in [0.1, 0.15) is 5.82 Å². The van der Waals surface area contributed by atoms with Crippen LogP contribution in [-0.2, 0) is 0 Å². The first-order valence-corrected chi connectivity index (χ1v) is 7.75. The minimum Gasteiger partial charge on any atom is -0.329 e. The van der Waals surface area contributed by atoms with Crippen LogP contribution in [0.5, 0.6) is 0 Å². The van der Waals surface area contributed by atoms with Crippen LogP contribution < -0.4 is 5.73 Å². The Hall–Kier alpha value is -0.490. The molecular formula is C15H25BrFN3. The topological polar surface area (TPSA) is 32.5 Å². The van der Waals surface area contributed by atoms with E-state index < -0.39 is 0 Å². The van der Waals surface area contributed by atoms with Gasteiger partial charge >= 0.3 is 0 Å². The molecule has 0 aliphatic rings. The van der Waals surface area contributed by atoms with E-state index in [1.54, 1.807) is 6.07 Å². The monoisotopic (exact) mass is 345 g/mol. The smallest absolute Gasteiger partial charge is 0.128 e. The highest BCUT2D eigenvalue weighted by atomic mass is 79.9. The minimum absolute atomic E-state index is 0.104. The Labute approximate surface area is 130 Å². The molecule has 114 valence electrons. The molecule has 0 aliphatic heterocycles. The third-order valence-electron chi connectivity index (χ3n) is 3.50. The first kappa shape index (κ1) is 17.6. The lowest BCUT2D eigenvalue weighted by molar-refractivity contribution is 0.128. The largest absolute Gasteiger partial charge is 0.329 e. The Morgan fingerprint density at radius 2 is 2.00 bits per heavy atom. The number of nitrogens with zero attached hydrogens (tertiary/aromatic N) is 2. The molecule has 0 aliphatic carbocycles. The lowest BCUT2D eigenvalue weighted by atomic mass is 10.0. The summed E-state index contributed by atoms with van der Waals surface area (Å²) in [5.74, 6) is -0.195. The molecule has 0 amide bonds. The van der Waals surface area contributed by atoms with Crippen LogP contribution in [0.1, 0.15) is 25.5 Å². The Bertz CT molecular complexity index is 426. The third kappa shape index (κ3) is 4.52. The molecule has 0 aromatic heterocycles. The van der Waals surface area contributed by atoms with Gasteiger partial charge in [0.2, 0.25) is 0 Å². The number of halogens is 2. The quantitative estimate of drug-likeness (QED) is 0.824. The van der Waals surface area contributed by atoms with Crippen molar-refractivity contribution in [2.24, 2.45) is 5.73 Å². The first-order valence-electron chi connectivity index (χ1n) is 6.96. The molecule has 20 heavy (non-hydrogen) atoms. The molecular weight excluding hydrogens is 321 g/mol. The Morgan fingerprint density at radius 1 is 1.35 bits per heavy atom. The highest BCUT2D eigenvalue weighted by molar-refractivity contribution is 9.10. The molecule has 2 unspecified atom stereocenters. The van der Waals surface area contributed by atoms with Crippen LogP contribution in [0.25, 0.3) is 0 Å². The maximum atomic E-state index is 14.1. The van der Waals surface area contributed by atoms with E-state index in [1.165, 1.54) is 6.07 Å². The van der Waals surface area contributed by atoms with Crippen LogP contribution in [0, 0.1) is 5.82 Å². The number of rotatable bonds is 7. The molecule has 0 saturated carbocycles. The van der Waals surface area contributed by atoms with Gasteiger partial charge in [-0.1, -0.05) is 22.9 Å². The summed E-state index contributed by atoms with van der Waals surface area (Å²) in [4.78, 5) is 4.39. The number of nitrogens with two attached hydrogens (primary N) is 1. The summed E-state index contributed by atoms with van der Waals surface area (Å²) in [6, 6.07) is 5.24. The molecule has 0 heterocycles. The van der Waals surface area contributed by atoms with Gasteiger partial charge in [-0.15, -0.1) is 0 Å². The van der Waals surface area contributed by atoms with Crippen molar-refractivity contribution in [3.05, 3.63) is 34.1 Å².